The van der Waals surface area contributed by atoms with Crippen molar-refractivity contribution < 1.29 is 14.3 Å². The molecule has 1 heterocycles. The first-order chi connectivity index (χ1) is 11.7. The fourth-order valence-electron chi connectivity index (χ4n) is 2.46. The molecule has 122 valence electrons. The van der Waals surface area contributed by atoms with E-state index >= 15 is 0 Å². The first kappa shape index (κ1) is 15.8. The van der Waals surface area contributed by atoms with E-state index in [2.05, 4.69) is 10.2 Å². The topological polar surface area (TPSA) is 64.2 Å². The smallest absolute Gasteiger partial charge is 0.341 e. The van der Waals surface area contributed by atoms with Gasteiger partial charge in [0.1, 0.15) is 23.6 Å². The highest BCUT2D eigenvalue weighted by Crippen LogP contribution is 2.27. The number of esters is 1. The van der Waals surface area contributed by atoms with Crippen molar-refractivity contribution in [2.75, 3.05) is 7.11 Å². The molecular weight excluding hydrogens is 304 g/mol. The van der Waals surface area contributed by atoms with Crippen LogP contribution in [0.3, 0.4) is 0 Å². The second-order valence-corrected chi connectivity index (χ2v) is 5.37. The molecule has 3 aromatic rings. The summed E-state index contributed by atoms with van der Waals surface area (Å²) in [5.74, 6) is 0.305. The monoisotopic (exact) mass is 322 g/mol. The third-order valence-electron chi connectivity index (χ3n) is 3.69. The van der Waals surface area contributed by atoms with Crippen molar-refractivity contribution in [3.63, 3.8) is 0 Å². The predicted molar refractivity (Wildman–Crippen MR) is 90.9 cm³/mol. The Labute approximate surface area is 140 Å². The molecule has 3 rings (SSSR count). The number of rotatable bonds is 5. The molecule has 0 aliphatic rings. The molecule has 5 heteroatoms. The largest absolute Gasteiger partial charge is 0.489 e. The Balaban J connectivity index is 1.85. The van der Waals surface area contributed by atoms with Gasteiger partial charge in [-0.25, -0.2) is 4.79 Å². The zero-order valence-electron chi connectivity index (χ0n) is 13.6. The van der Waals surface area contributed by atoms with Crippen molar-refractivity contribution in [3.8, 4) is 17.0 Å². The minimum atomic E-state index is -0.410. The summed E-state index contributed by atoms with van der Waals surface area (Å²) in [6, 6.07) is 17.5. The number of hydrogen-bond donors (Lipinski definition) is 1. The maximum absolute atomic E-state index is 12.0. The average Bonchev–Trinajstić information content (AvgIpc) is 3.02. The van der Waals surface area contributed by atoms with Crippen LogP contribution in [0, 0.1) is 6.92 Å². The van der Waals surface area contributed by atoms with Gasteiger partial charge < -0.3 is 9.47 Å². The third-order valence-corrected chi connectivity index (χ3v) is 3.69. The van der Waals surface area contributed by atoms with Gasteiger partial charge in [0.2, 0.25) is 0 Å². The van der Waals surface area contributed by atoms with Gasteiger partial charge in [0.05, 0.1) is 7.11 Å². The molecule has 5 nitrogen and oxygen atoms in total. The van der Waals surface area contributed by atoms with Gasteiger partial charge in [-0.3, -0.25) is 5.10 Å². The minimum Gasteiger partial charge on any atom is -0.489 e. The first-order valence-corrected chi connectivity index (χ1v) is 7.59. The molecule has 0 amide bonds. The summed E-state index contributed by atoms with van der Waals surface area (Å²) in [6.45, 7) is 2.27. The van der Waals surface area contributed by atoms with Crippen LogP contribution in [0.5, 0.6) is 5.75 Å². The third kappa shape index (κ3) is 3.30. The van der Waals surface area contributed by atoms with Gasteiger partial charge in [0, 0.05) is 11.3 Å². The summed E-state index contributed by atoms with van der Waals surface area (Å²) in [4.78, 5) is 12.0. The fourth-order valence-corrected chi connectivity index (χ4v) is 2.46. The van der Waals surface area contributed by atoms with Gasteiger partial charge >= 0.3 is 5.97 Å². The molecule has 0 fully saturated rings. The Hall–Kier alpha value is -3.08. The normalized spacial score (nSPS) is 10.4. The van der Waals surface area contributed by atoms with Crippen LogP contribution in [-0.4, -0.2) is 23.3 Å². The average molecular weight is 322 g/mol. The molecular formula is C19H18N2O3. The van der Waals surface area contributed by atoms with Gasteiger partial charge in [-0.05, 0) is 24.6 Å². The second-order valence-electron chi connectivity index (χ2n) is 5.37. The highest BCUT2D eigenvalue weighted by Gasteiger charge is 2.20. The van der Waals surface area contributed by atoms with E-state index in [1.54, 1.807) is 6.92 Å². The maximum Gasteiger partial charge on any atom is 0.341 e. The summed E-state index contributed by atoms with van der Waals surface area (Å²) in [6.07, 6.45) is 0. The quantitative estimate of drug-likeness (QED) is 0.727. The van der Waals surface area contributed by atoms with Crippen LogP contribution in [0.15, 0.2) is 54.6 Å². The van der Waals surface area contributed by atoms with E-state index in [0.29, 0.717) is 29.3 Å². The van der Waals surface area contributed by atoms with E-state index < -0.39 is 5.97 Å². The summed E-state index contributed by atoms with van der Waals surface area (Å²) in [5.41, 5.74) is 3.56. The van der Waals surface area contributed by atoms with Crippen molar-refractivity contribution in [2.24, 2.45) is 0 Å². The van der Waals surface area contributed by atoms with E-state index in [0.717, 1.165) is 11.1 Å². The van der Waals surface area contributed by atoms with E-state index in [1.165, 1.54) is 7.11 Å². The molecule has 0 aliphatic heterocycles. The molecule has 0 spiro atoms. The van der Waals surface area contributed by atoms with Crippen molar-refractivity contribution >= 4 is 5.97 Å². The number of nitrogens with zero attached hydrogens (tertiary/aromatic N) is 1. The van der Waals surface area contributed by atoms with Crippen LogP contribution in [0.4, 0.5) is 0 Å². The molecule has 0 aliphatic carbocycles. The maximum atomic E-state index is 12.0. The number of nitrogens with one attached hydrogen (secondary N) is 1. The van der Waals surface area contributed by atoms with Crippen LogP contribution in [0.25, 0.3) is 11.3 Å². The number of aromatic amines is 1. The zero-order valence-corrected chi connectivity index (χ0v) is 13.6. The summed E-state index contributed by atoms with van der Waals surface area (Å²) < 4.78 is 10.7. The molecule has 0 atom stereocenters. The van der Waals surface area contributed by atoms with Crippen molar-refractivity contribution in [1.82, 2.24) is 10.2 Å². The molecule has 0 radical (unpaired) electrons. The van der Waals surface area contributed by atoms with Crippen LogP contribution < -0.4 is 4.74 Å². The lowest BCUT2D eigenvalue weighted by molar-refractivity contribution is 0.0601. The van der Waals surface area contributed by atoms with Gasteiger partial charge in [-0.1, -0.05) is 42.5 Å². The summed E-state index contributed by atoms with van der Waals surface area (Å²) in [5, 5.41) is 7.07. The number of benzene rings is 2. The van der Waals surface area contributed by atoms with Gasteiger partial charge in [-0.15, -0.1) is 0 Å². The Morgan fingerprint density at radius 1 is 1.12 bits per heavy atom. The predicted octanol–water partition coefficient (Wildman–Crippen LogP) is 3.75. The number of aryl methyl sites for hydroxylation is 1. The number of aromatic nitrogens is 2. The van der Waals surface area contributed by atoms with Crippen LogP contribution in [0.1, 0.15) is 21.6 Å². The van der Waals surface area contributed by atoms with Gasteiger partial charge in [-0.2, -0.15) is 5.10 Å². The minimum absolute atomic E-state index is 0.410. The van der Waals surface area contributed by atoms with E-state index in [-0.39, 0.29) is 0 Å². The van der Waals surface area contributed by atoms with Crippen molar-refractivity contribution in [1.29, 1.82) is 0 Å². The van der Waals surface area contributed by atoms with Crippen LogP contribution in [0.2, 0.25) is 0 Å². The lowest BCUT2D eigenvalue weighted by Crippen LogP contribution is -2.03. The Kier molecular flexibility index (Phi) is 4.61. The molecule has 0 saturated carbocycles. The Bertz CT molecular complexity index is 841. The molecule has 0 unspecified atom stereocenters. The Morgan fingerprint density at radius 3 is 2.67 bits per heavy atom. The number of ether oxygens (including phenoxy) is 2. The standard InChI is InChI=1S/C19H18N2O3/c1-13-17(19(22)23-2)18(21-20-13)15-9-6-10-16(11-15)24-12-14-7-4-3-5-8-14/h3-11H,12H2,1-2H3,(H,20,21). The fraction of sp³-hybridized carbons (Fsp3) is 0.158. The lowest BCUT2D eigenvalue weighted by atomic mass is 10.1. The SMILES string of the molecule is COC(=O)c1c(-c2cccc(OCc3ccccc3)c2)n[nH]c1C. The lowest BCUT2D eigenvalue weighted by Gasteiger charge is -2.08. The highest BCUT2D eigenvalue weighted by atomic mass is 16.5. The highest BCUT2D eigenvalue weighted by molar-refractivity contribution is 5.97. The summed E-state index contributed by atoms with van der Waals surface area (Å²) in [7, 11) is 1.36. The van der Waals surface area contributed by atoms with E-state index in [1.807, 2.05) is 54.6 Å². The van der Waals surface area contributed by atoms with Crippen molar-refractivity contribution in [2.45, 2.75) is 13.5 Å². The number of H-pyrrole nitrogens is 1. The van der Waals surface area contributed by atoms with Crippen LogP contribution >= 0.6 is 0 Å². The molecule has 0 saturated heterocycles. The number of carbonyl (C=O) groups excluding carboxylic acids is 1. The number of methoxy groups -OCH3 is 1. The van der Waals surface area contributed by atoms with E-state index in [4.69, 9.17) is 9.47 Å². The molecule has 24 heavy (non-hydrogen) atoms. The molecule has 0 bridgehead atoms. The first-order valence-electron chi connectivity index (χ1n) is 7.59. The van der Waals surface area contributed by atoms with Crippen LogP contribution in [-0.2, 0) is 11.3 Å². The van der Waals surface area contributed by atoms with Crippen molar-refractivity contribution in [3.05, 3.63) is 71.4 Å². The number of carbonyl (C=O) groups is 1. The van der Waals surface area contributed by atoms with Gasteiger partial charge in [0.25, 0.3) is 0 Å². The van der Waals surface area contributed by atoms with Gasteiger partial charge in [0.15, 0.2) is 0 Å². The molecule has 1 N–H and O–H groups in total. The molecule has 2 aromatic carbocycles. The Morgan fingerprint density at radius 2 is 1.92 bits per heavy atom. The zero-order chi connectivity index (χ0) is 16.9. The second kappa shape index (κ2) is 7.00. The number of hydrogen-bond acceptors (Lipinski definition) is 4. The molecule has 1 aromatic heterocycles. The van der Waals surface area contributed by atoms with E-state index in [9.17, 15) is 4.79 Å². The summed E-state index contributed by atoms with van der Waals surface area (Å²) >= 11 is 0.